The zero-order valence-electron chi connectivity index (χ0n) is 13.3. The summed E-state index contributed by atoms with van der Waals surface area (Å²) in [6, 6.07) is 15.5. The minimum absolute atomic E-state index is 0.0365. The normalized spacial score (nSPS) is 10.6. The number of hydrogen-bond acceptors (Lipinski definition) is 3. The lowest BCUT2D eigenvalue weighted by atomic mass is 10.1. The van der Waals surface area contributed by atoms with Gasteiger partial charge in [0.1, 0.15) is 0 Å². The molecule has 1 aromatic heterocycles. The second-order valence-electron chi connectivity index (χ2n) is 5.56. The van der Waals surface area contributed by atoms with Gasteiger partial charge in [0.05, 0.1) is 10.0 Å². The average molecular weight is 391 g/mol. The predicted molar refractivity (Wildman–Crippen MR) is 105 cm³/mol. The maximum absolute atomic E-state index is 12.1. The first kappa shape index (κ1) is 17.9. The third kappa shape index (κ3) is 5.05. The summed E-state index contributed by atoms with van der Waals surface area (Å²) < 4.78 is 0. The van der Waals surface area contributed by atoms with E-state index in [1.807, 2.05) is 42.5 Å². The van der Waals surface area contributed by atoms with Crippen LogP contribution in [0.25, 0.3) is 0 Å². The first-order valence-corrected chi connectivity index (χ1v) is 9.40. The monoisotopic (exact) mass is 390 g/mol. The van der Waals surface area contributed by atoms with Crippen molar-refractivity contribution in [3.8, 4) is 0 Å². The predicted octanol–water partition coefficient (Wildman–Crippen LogP) is 5.61. The van der Waals surface area contributed by atoms with Crippen LogP contribution in [0.15, 0.2) is 54.7 Å². The number of thiazole rings is 1. The first-order valence-electron chi connectivity index (χ1n) is 7.83. The van der Waals surface area contributed by atoms with Gasteiger partial charge in [-0.2, -0.15) is 0 Å². The van der Waals surface area contributed by atoms with Crippen LogP contribution in [-0.4, -0.2) is 10.9 Å². The molecule has 25 heavy (non-hydrogen) atoms. The summed E-state index contributed by atoms with van der Waals surface area (Å²) in [6.07, 6.45) is 3.54. The average Bonchev–Trinajstić information content (AvgIpc) is 3.05. The lowest BCUT2D eigenvalue weighted by Crippen LogP contribution is -2.11. The summed E-state index contributed by atoms with van der Waals surface area (Å²) >= 11 is 13.7. The maximum Gasteiger partial charge on any atom is 0.226 e. The Labute approximate surface area is 160 Å². The van der Waals surface area contributed by atoms with Gasteiger partial charge >= 0.3 is 0 Å². The Morgan fingerprint density at radius 1 is 1.08 bits per heavy atom. The molecule has 0 spiro atoms. The van der Waals surface area contributed by atoms with Gasteiger partial charge in [-0.15, -0.1) is 11.3 Å². The van der Waals surface area contributed by atoms with Crippen molar-refractivity contribution < 1.29 is 4.79 Å². The molecule has 0 radical (unpaired) electrons. The van der Waals surface area contributed by atoms with E-state index in [2.05, 4.69) is 10.3 Å². The van der Waals surface area contributed by atoms with E-state index in [0.29, 0.717) is 34.4 Å². The first-order chi connectivity index (χ1) is 12.1. The molecule has 1 heterocycles. The summed E-state index contributed by atoms with van der Waals surface area (Å²) in [5, 5.41) is 4.56. The van der Waals surface area contributed by atoms with Crippen LogP contribution in [0.1, 0.15) is 22.4 Å². The van der Waals surface area contributed by atoms with Gasteiger partial charge < -0.3 is 5.32 Å². The van der Waals surface area contributed by atoms with E-state index in [1.165, 1.54) is 11.3 Å². The topological polar surface area (TPSA) is 42.0 Å². The molecule has 0 unspecified atom stereocenters. The fourth-order valence-electron chi connectivity index (χ4n) is 2.40. The zero-order chi connectivity index (χ0) is 17.6. The summed E-state index contributed by atoms with van der Waals surface area (Å²) in [4.78, 5) is 17.4. The van der Waals surface area contributed by atoms with E-state index >= 15 is 0 Å². The molecule has 0 saturated carbocycles. The molecule has 1 amide bonds. The van der Waals surface area contributed by atoms with Crippen LogP contribution < -0.4 is 5.32 Å². The van der Waals surface area contributed by atoms with Crippen molar-refractivity contribution in [3.05, 3.63) is 80.8 Å². The number of carbonyl (C=O) groups is 1. The minimum atomic E-state index is -0.0365. The van der Waals surface area contributed by atoms with E-state index in [1.54, 1.807) is 12.3 Å². The molecule has 0 aliphatic heterocycles. The number of nitrogens with zero attached hydrogens (tertiary/aromatic N) is 1. The fourth-order valence-corrected chi connectivity index (χ4v) is 3.64. The number of hydrogen-bond donors (Lipinski definition) is 1. The van der Waals surface area contributed by atoms with Crippen LogP contribution in [0, 0.1) is 0 Å². The third-order valence-electron chi connectivity index (χ3n) is 3.68. The molecular weight excluding hydrogens is 375 g/mol. The van der Waals surface area contributed by atoms with E-state index < -0.39 is 0 Å². The molecule has 3 rings (SSSR count). The van der Waals surface area contributed by atoms with Crippen molar-refractivity contribution in [3.63, 3.8) is 0 Å². The SMILES string of the molecule is O=C(CCc1ccccc1)Nc1ncc(Cc2cccc(Cl)c2Cl)s1. The Kier molecular flexibility index (Phi) is 6.08. The molecule has 0 fully saturated rings. The highest BCUT2D eigenvalue weighted by molar-refractivity contribution is 7.15. The van der Waals surface area contributed by atoms with Crippen LogP contribution in [-0.2, 0) is 17.6 Å². The summed E-state index contributed by atoms with van der Waals surface area (Å²) in [6.45, 7) is 0. The minimum Gasteiger partial charge on any atom is -0.302 e. The van der Waals surface area contributed by atoms with Gasteiger partial charge in [0.15, 0.2) is 5.13 Å². The van der Waals surface area contributed by atoms with E-state index in [4.69, 9.17) is 23.2 Å². The zero-order valence-corrected chi connectivity index (χ0v) is 15.7. The lowest BCUT2D eigenvalue weighted by Gasteiger charge is -2.03. The Hall–Kier alpha value is -1.88. The quantitative estimate of drug-likeness (QED) is 0.593. The van der Waals surface area contributed by atoms with Gasteiger partial charge in [-0.1, -0.05) is 65.7 Å². The number of nitrogens with one attached hydrogen (secondary N) is 1. The third-order valence-corrected chi connectivity index (χ3v) is 5.45. The number of amides is 1. The van der Waals surface area contributed by atoms with Crippen LogP contribution in [0.3, 0.4) is 0 Å². The van der Waals surface area contributed by atoms with E-state index in [0.717, 1.165) is 16.0 Å². The number of anilines is 1. The maximum atomic E-state index is 12.1. The molecule has 0 atom stereocenters. The molecule has 6 heteroatoms. The van der Waals surface area contributed by atoms with Crippen molar-refractivity contribution >= 4 is 45.6 Å². The molecule has 128 valence electrons. The van der Waals surface area contributed by atoms with Crippen molar-refractivity contribution in [1.82, 2.24) is 4.98 Å². The van der Waals surface area contributed by atoms with Crippen LogP contribution in [0.4, 0.5) is 5.13 Å². The molecule has 0 bridgehead atoms. The summed E-state index contributed by atoms with van der Waals surface area (Å²) in [5.41, 5.74) is 2.09. The van der Waals surface area contributed by atoms with Gasteiger partial charge in [0, 0.05) is 23.9 Å². The number of carbonyl (C=O) groups excluding carboxylic acids is 1. The van der Waals surface area contributed by atoms with Crippen molar-refractivity contribution in [2.24, 2.45) is 0 Å². The van der Waals surface area contributed by atoms with Crippen molar-refractivity contribution in [1.29, 1.82) is 0 Å². The van der Waals surface area contributed by atoms with Gasteiger partial charge in [-0.05, 0) is 23.6 Å². The fraction of sp³-hybridized carbons (Fsp3) is 0.158. The van der Waals surface area contributed by atoms with Crippen LogP contribution in [0.5, 0.6) is 0 Å². The highest BCUT2D eigenvalue weighted by Crippen LogP contribution is 2.29. The number of benzene rings is 2. The second-order valence-corrected chi connectivity index (χ2v) is 7.46. The van der Waals surface area contributed by atoms with E-state index in [9.17, 15) is 4.79 Å². The number of aromatic nitrogens is 1. The number of halogens is 2. The Bertz CT molecular complexity index is 865. The Balaban J connectivity index is 1.56. The molecule has 0 aliphatic rings. The Morgan fingerprint density at radius 2 is 1.88 bits per heavy atom. The largest absolute Gasteiger partial charge is 0.302 e. The van der Waals surface area contributed by atoms with Crippen molar-refractivity contribution in [2.45, 2.75) is 19.3 Å². The van der Waals surface area contributed by atoms with Gasteiger partial charge in [0.25, 0.3) is 0 Å². The van der Waals surface area contributed by atoms with Crippen LogP contribution >= 0.6 is 34.5 Å². The highest BCUT2D eigenvalue weighted by Gasteiger charge is 2.10. The number of rotatable bonds is 6. The molecule has 1 N–H and O–H groups in total. The standard InChI is InChI=1S/C19H16Cl2N2OS/c20-16-8-4-7-14(18(16)21)11-15-12-22-19(25-15)23-17(24)10-9-13-5-2-1-3-6-13/h1-8,12H,9-11H2,(H,22,23,24). The van der Waals surface area contributed by atoms with Crippen LogP contribution in [0.2, 0.25) is 10.0 Å². The molecule has 0 saturated heterocycles. The van der Waals surface area contributed by atoms with Crippen molar-refractivity contribution in [2.75, 3.05) is 5.32 Å². The van der Waals surface area contributed by atoms with E-state index in [-0.39, 0.29) is 5.91 Å². The van der Waals surface area contributed by atoms with Gasteiger partial charge in [-0.3, -0.25) is 4.79 Å². The van der Waals surface area contributed by atoms with Gasteiger partial charge in [-0.25, -0.2) is 4.98 Å². The molecule has 3 aromatic rings. The summed E-state index contributed by atoms with van der Waals surface area (Å²) in [5.74, 6) is -0.0365. The highest BCUT2D eigenvalue weighted by atomic mass is 35.5. The molecule has 2 aromatic carbocycles. The van der Waals surface area contributed by atoms with Gasteiger partial charge in [0.2, 0.25) is 5.91 Å². The molecule has 0 aliphatic carbocycles. The molecule has 3 nitrogen and oxygen atoms in total. The summed E-state index contributed by atoms with van der Waals surface area (Å²) in [7, 11) is 0. The lowest BCUT2D eigenvalue weighted by molar-refractivity contribution is -0.116. The Morgan fingerprint density at radius 3 is 2.68 bits per heavy atom. The second kappa shape index (κ2) is 8.48. The number of aryl methyl sites for hydroxylation is 1. The smallest absolute Gasteiger partial charge is 0.226 e. The molecular formula is C19H16Cl2N2OS.